The zero-order valence-corrected chi connectivity index (χ0v) is 18.3. The second-order valence-electron chi connectivity index (χ2n) is 10.2. The summed E-state index contributed by atoms with van der Waals surface area (Å²) in [4.78, 5) is 0. The number of rotatable bonds is 6. The lowest BCUT2D eigenvalue weighted by Gasteiger charge is -2.45. The Morgan fingerprint density at radius 1 is 0.867 bits per heavy atom. The van der Waals surface area contributed by atoms with Gasteiger partial charge in [0.1, 0.15) is 0 Å². The fourth-order valence-electron chi connectivity index (χ4n) is 6.98. The molecule has 3 fully saturated rings. The zero-order chi connectivity index (χ0) is 21.1. The summed E-state index contributed by atoms with van der Waals surface area (Å²) in [6, 6.07) is 4.57. The molecule has 3 aliphatic carbocycles. The van der Waals surface area contributed by atoms with Gasteiger partial charge in [0.2, 0.25) is 0 Å². The summed E-state index contributed by atoms with van der Waals surface area (Å²) in [6.07, 6.45) is 16.1. The van der Waals surface area contributed by atoms with Gasteiger partial charge in [0.15, 0.2) is 11.6 Å². The van der Waals surface area contributed by atoms with Gasteiger partial charge in [-0.2, -0.15) is 8.78 Å². The van der Waals surface area contributed by atoms with Crippen LogP contribution in [0, 0.1) is 35.4 Å². The third-order valence-corrected chi connectivity index (χ3v) is 8.55. The average Bonchev–Trinajstić information content (AvgIpc) is 2.75. The van der Waals surface area contributed by atoms with E-state index in [1.165, 1.54) is 76.3 Å². The normalized spacial score (nSPS) is 34.6. The van der Waals surface area contributed by atoms with E-state index in [0.29, 0.717) is 5.92 Å². The largest absolute Gasteiger partial charge is 0.432 e. The molecule has 4 atom stereocenters. The molecular weight excluding hydrogens is 385 g/mol. The maximum atomic E-state index is 14.2. The number of ether oxygens (including phenoxy) is 1. The molecule has 1 aromatic rings. The Kier molecular flexibility index (Phi) is 7.31. The Balaban J connectivity index is 1.30. The van der Waals surface area contributed by atoms with E-state index in [1.807, 2.05) is 0 Å². The third kappa shape index (κ3) is 5.16. The lowest BCUT2D eigenvalue weighted by Crippen LogP contribution is -2.34. The number of benzene rings is 1. The van der Waals surface area contributed by atoms with Crippen LogP contribution in [-0.2, 0) is 0 Å². The van der Waals surface area contributed by atoms with E-state index < -0.39 is 12.4 Å². The van der Waals surface area contributed by atoms with Crippen molar-refractivity contribution in [3.8, 4) is 5.75 Å². The van der Waals surface area contributed by atoms with Crippen molar-refractivity contribution in [3.05, 3.63) is 29.6 Å². The quantitative estimate of drug-likeness (QED) is 0.448. The van der Waals surface area contributed by atoms with E-state index in [-0.39, 0.29) is 5.75 Å². The molecule has 0 spiro atoms. The molecule has 30 heavy (non-hydrogen) atoms. The highest BCUT2D eigenvalue weighted by atomic mass is 19.3. The zero-order valence-electron chi connectivity index (χ0n) is 18.3. The summed E-state index contributed by atoms with van der Waals surface area (Å²) in [5, 5.41) is 0. The van der Waals surface area contributed by atoms with E-state index in [1.54, 1.807) is 6.07 Å². The molecule has 3 saturated carbocycles. The average molecular weight is 423 g/mol. The molecule has 0 unspecified atom stereocenters. The molecule has 3 aliphatic rings. The summed E-state index contributed by atoms with van der Waals surface area (Å²) in [5.74, 6) is 3.77. The van der Waals surface area contributed by atoms with Crippen LogP contribution in [-0.4, -0.2) is 6.61 Å². The summed E-state index contributed by atoms with van der Waals surface area (Å²) in [7, 11) is 0. The molecule has 0 N–H and O–H groups in total. The Morgan fingerprint density at radius 2 is 1.50 bits per heavy atom. The molecule has 0 heterocycles. The van der Waals surface area contributed by atoms with Crippen molar-refractivity contribution >= 4 is 0 Å². The maximum absolute atomic E-state index is 14.2. The van der Waals surface area contributed by atoms with E-state index in [2.05, 4.69) is 11.7 Å². The number of fused-ring (bicyclic) bond motifs is 1. The highest BCUT2D eigenvalue weighted by Crippen LogP contribution is 2.51. The summed E-state index contributed by atoms with van der Waals surface area (Å²) in [6.45, 7) is -0.679. The van der Waals surface area contributed by atoms with Crippen LogP contribution >= 0.6 is 0 Å². The predicted octanol–water partition coefficient (Wildman–Crippen LogP) is 8.33. The van der Waals surface area contributed by atoms with Crippen molar-refractivity contribution in [2.75, 3.05) is 0 Å². The Bertz CT molecular complexity index is 683. The fraction of sp³-hybridized carbons (Fsp3) is 0.769. The molecule has 0 saturated heterocycles. The first-order valence-electron chi connectivity index (χ1n) is 12.3. The SMILES string of the molecule is CCCC1CCC([C@@H]2CC[C@@H]3C[C@H](c4ccc(OC(F)F)c(F)c4)CC[C@@H]3C2)CC1. The molecule has 0 radical (unpaired) electrons. The van der Waals surface area contributed by atoms with E-state index in [9.17, 15) is 13.2 Å². The lowest BCUT2D eigenvalue weighted by atomic mass is 9.60. The molecule has 0 aliphatic heterocycles. The minimum absolute atomic E-state index is 0.349. The van der Waals surface area contributed by atoms with Gasteiger partial charge in [0.05, 0.1) is 0 Å². The van der Waals surface area contributed by atoms with Gasteiger partial charge >= 0.3 is 6.61 Å². The predicted molar refractivity (Wildman–Crippen MR) is 114 cm³/mol. The van der Waals surface area contributed by atoms with Crippen LogP contribution in [0.15, 0.2) is 18.2 Å². The van der Waals surface area contributed by atoms with E-state index in [0.717, 1.165) is 48.0 Å². The van der Waals surface area contributed by atoms with Gasteiger partial charge in [-0.1, -0.05) is 38.7 Å². The van der Waals surface area contributed by atoms with Gasteiger partial charge in [-0.15, -0.1) is 0 Å². The number of hydrogen-bond donors (Lipinski definition) is 0. The van der Waals surface area contributed by atoms with Crippen molar-refractivity contribution in [1.82, 2.24) is 0 Å². The highest BCUT2D eigenvalue weighted by Gasteiger charge is 2.39. The highest BCUT2D eigenvalue weighted by molar-refractivity contribution is 5.31. The van der Waals surface area contributed by atoms with Crippen LogP contribution in [0.1, 0.15) is 95.5 Å². The van der Waals surface area contributed by atoms with E-state index in [4.69, 9.17) is 0 Å². The Labute approximate surface area is 179 Å². The second kappa shape index (κ2) is 9.96. The monoisotopic (exact) mass is 422 g/mol. The first-order valence-corrected chi connectivity index (χ1v) is 12.3. The van der Waals surface area contributed by atoms with Gasteiger partial charge in [-0.05, 0) is 105 Å². The van der Waals surface area contributed by atoms with Gasteiger partial charge in [0.25, 0.3) is 0 Å². The van der Waals surface area contributed by atoms with E-state index >= 15 is 0 Å². The standard InChI is InChI=1S/C26H37F3O/c1-2-3-17-4-6-18(7-5-17)19-8-9-21-15-22(11-10-20(21)14-19)23-12-13-25(24(27)16-23)30-26(28)29/h12-13,16-22,26H,2-11,14-15H2,1H3/t17?,18?,19-,20-,21-,22-/m1/s1. The van der Waals surface area contributed by atoms with Crippen LogP contribution < -0.4 is 4.74 Å². The lowest BCUT2D eigenvalue weighted by molar-refractivity contribution is -0.0522. The van der Waals surface area contributed by atoms with Crippen LogP contribution in [0.2, 0.25) is 0 Å². The van der Waals surface area contributed by atoms with Gasteiger partial charge < -0.3 is 4.74 Å². The van der Waals surface area contributed by atoms with Crippen molar-refractivity contribution in [1.29, 1.82) is 0 Å². The number of halogens is 3. The van der Waals surface area contributed by atoms with Crippen molar-refractivity contribution in [2.24, 2.45) is 29.6 Å². The summed E-state index contributed by atoms with van der Waals surface area (Å²) in [5.41, 5.74) is 0.948. The Hall–Kier alpha value is -1.19. The number of alkyl halides is 2. The van der Waals surface area contributed by atoms with Gasteiger partial charge in [-0.25, -0.2) is 4.39 Å². The van der Waals surface area contributed by atoms with Crippen LogP contribution in [0.3, 0.4) is 0 Å². The molecule has 0 aromatic heterocycles. The smallest absolute Gasteiger partial charge is 0.387 e. The van der Waals surface area contributed by atoms with Crippen molar-refractivity contribution in [2.45, 2.75) is 96.5 Å². The third-order valence-electron chi connectivity index (χ3n) is 8.55. The molecule has 1 aromatic carbocycles. The topological polar surface area (TPSA) is 9.23 Å². The number of hydrogen-bond acceptors (Lipinski definition) is 1. The fourth-order valence-corrected chi connectivity index (χ4v) is 6.98. The molecular formula is C26H37F3O. The minimum atomic E-state index is -2.99. The van der Waals surface area contributed by atoms with Crippen molar-refractivity contribution in [3.63, 3.8) is 0 Å². The molecule has 0 bridgehead atoms. The van der Waals surface area contributed by atoms with Gasteiger partial charge in [0, 0.05) is 0 Å². The molecule has 1 nitrogen and oxygen atoms in total. The van der Waals surface area contributed by atoms with Gasteiger partial charge in [-0.3, -0.25) is 0 Å². The molecule has 4 heteroatoms. The molecule has 4 rings (SSSR count). The first kappa shape index (κ1) is 22.0. The molecule has 0 amide bonds. The molecule has 168 valence electrons. The maximum Gasteiger partial charge on any atom is 0.387 e. The first-order chi connectivity index (χ1) is 14.5. The minimum Gasteiger partial charge on any atom is -0.432 e. The summed E-state index contributed by atoms with van der Waals surface area (Å²) >= 11 is 0. The van der Waals surface area contributed by atoms with Crippen LogP contribution in [0.5, 0.6) is 5.75 Å². The van der Waals surface area contributed by atoms with Crippen LogP contribution in [0.25, 0.3) is 0 Å². The second-order valence-corrected chi connectivity index (χ2v) is 10.2. The van der Waals surface area contributed by atoms with Crippen LogP contribution in [0.4, 0.5) is 13.2 Å². The Morgan fingerprint density at radius 3 is 2.17 bits per heavy atom. The summed E-state index contributed by atoms with van der Waals surface area (Å²) < 4.78 is 43.2. The van der Waals surface area contributed by atoms with Crippen molar-refractivity contribution < 1.29 is 17.9 Å².